The van der Waals surface area contributed by atoms with Gasteiger partial charge in [0.05, 0.1) is 0 Å². The van der Waals surface area contributed by atoms with Gasteiger partial charge in [-0.1, -0.05) is 6.42 Å². The summed E-state index contributed by atoms with van der Waals surface area (Å²) in [6, 6.07) is 0.711. The van der Waals surface area contributed by atoms with Gasteiger partial charge >= 0.3 is 0 Å². The lowest BCUT2D eigenvalue weighted by atomic mass is 9.93. The molecule has 0 saturated carbocycles. The van der Waals surface area contributed by atoms with E-state index in [0.717, 1.165) is 45.0 Å². The third kappa shape index (κ3) is 7.29. The Kier molecular flexibility index (Phi) is 10.7. The summed E-state index contributed by atoms with van der Waals surface area (Å²) in [5, 5.41) is 6.26. The van der Waals surface area contributed by atoms with Crippen molar-refractivity contribution in [2.45, 2.75) is 51.5 Å². The molecule has 2 heterocycles. The highest BCUT2D eigenvalue weighted by atomic mass is 127. The first-order valence-corrected chi connectivity index (χ1v) is 9.54. The topological polar surface area (TPSA) is 60.0 Å². The molecule has 1 atom stereocenters. The molecule has 2 aliphatic heterocycles. The van der Waals surface area contributed by atoms with Crippen LogP contribution in [0.4, 0.5) is 0 Å². The number of halogens is 1. The Bertz CT molecular complexity index is 424. The number of hydrogen-bond donors (Lipinski definition) is 2. The van der Waals surface area contributed by atoms with Crippen molar-refractivity contribution in [2.75, 3.05) is 46.8 Å². The molecule has 0 radical (unpaired) electrons. The van der Waals surface area contributed by atoms with E-state index in [1.165, 1.54) is 25.8 Å². The van der Waals surface area contributed by atoms with Crippen molar-refractivity contribution in [3.05, 3.63) is 0 Å². The fourth-order valence-corrected chi connectivity index (χ4v) is 3.85. The quantitative estimate of drug-likeness (QED) is 0.370. The van der Waals surface area contributed by atoms with Crippen molar-refractivity contribution in [3.8, 4) is 0 Å². The smallest absolute Gasteiger partial charge is 0.220 e. The van der Waals surface area contributed by atoms with E-state index in [1.807, 2.05) is 7.05 Å². The van der Waals surface area contributed by atoms with Gasteiger partial charge in [-0.25, -0.2) is 0 Å². The third-order valence-corrected chi connectivity index (χ3v) is 5.50. The van der Waals surface area contributed by atoms with Crippen LogP contribution in [0.1, 0.15) is 45.4 Å². The van der Waals surface area contributed by atoms with Crippen molar-refractivity contribution in [1.29, 1.82) is 0 Å². The summed E-state index contributed by atoms with van der Waals surface area (Å²) < 4.78 is 0. The summed E-state index contributed by atoms with van der Waals surface area (Å²) in [7, 11) is 3.58. The van der Waals surface area contributed by atoms with Crippen LogP contribution in [0.15, 0.2) is 4.99 Å². The van der Waals surface area contributed by atoms with Gasteiger partial charge in [0.2, 0.25) is 5.91 Å². The lowest BCUT2D eigenvalue weighted by Gasteiger charge is -2.36. The number of piperidine rings is 2. The molecule has 1 unspecified atom stereocenters. The molecule has 2 aliphatic rings. The Morgan fingerprint density at radius 1 is 1.16 bits per heavy atom. The van der Waals surface area contributed by atoms with Crippen LogP contribution < -0.4 is 10.6 Å². The molecule has 0 aromatic carbocycles. The van der Waals surface area contributed by atoms with E-state index in [0.29, 0.717) is 18.4 Å². The van der Waals surface area contributed by atoms with Crippen LogP contribution in [0.3, 0.4) is 0 Å². The van der Waals surface area contributed by atoms with E-state index in [-0.39, 0.29) is 29.9 Å². The number of amides is 1. The van der Waals surface area contributed by atoms with Crippen LogP contribution >= 0.6 is 24.0 Å². The number of likely N-dealkylation sites (tertiary alicyclic amines) is 2. The van der Waals surface area contributed by atoms with Crippen LogP contribution in [-0.2, 0) is 4.79 Å². The first-order chi connectivity index (χ1) is 11.6. The van der Waals surface area contributed by atoms with Crippen LogP contribution in [0.2, 0.25) is 0 Å². The average Bonchev–Trinajstić information content (AvgIpc) is 2.61. The number of aliphatic imine (C=N–C) groups is 1. The average molecular weight is 465 g/mol. The first-order valence-electron chi connectivity index (χ1n) is 9.54. The Morgan fingerprint density at radius 3 is 2.48 bits per heavy atom. The van der Waals surface area contributed by atoms with Crippen molar-refractivity contribution in [2.24, 2.45) is 10.9 Å². The van der Waals surface area contributed by atoms with Gasteiger partial charge in [0, 0.05) is 52.7 Å². The fraction of sp³-hybridized carbons (Fsp3) is 0.889. The number of rotatable bonds is 5. The molecular weight excluding hydrogens is 429 g/mol. The number of nitrogens with one attached hydrogen (secondary N) is 2. The van der Waals surface area contributed by atoms with Crippen molar-refractivity contribution in [1.82, 2.24) is 20.4 Å². The summed E-state index contributed by atoms with van der Waals surface area (Å²) in [5.41, 5.74) is 0. The van der Waals surface area contributed by atoms with E-state index in [9.17, 15) is 4.79 Å². The van der Waals surface area contributed by atoms with Gasteiger partial charge in [-0.15, -0.1) is 24.0 Å². The minimum Gasteiger partial charge on any atom is -0.359 e. The minimum atomic E-state index is 0. The predicted octanol–water partition coefficient (Wildman–Crippen LogP) is 1.90. The van der Waals surface area contributed by atoms with Crippen molar-refractivity contribution < 1.29 is 4.79 Å². The van der Waals surface area contributed by atoms with Crippen molar-refractivity contribution in [3.63, 3.8) is 0 Å². The molecule has 2 rings (SSSR count). The summed E-state index contributed by atoms with van der Waals surface area (Å²) in [4.78, 5) is 20.9. The number of nitrogens with zero attached hydrogens (tertiary/aromatic N) is 3. The number of carbonyl (C=O) groups excluding carboxylic acids is 1. The summed E-state index contributed by atoms with van der Waals surface area (Å²) in [6.07, 6.45) is 6.82. The van der Waals surface area contributed by atoms with E-state index in [2.05, 4.69) is 32.3 Å². The van der Waals surface area contributed by atoms with Gasteiger partial charge in [0.15, 0.2) is 5.96 Å². The van der Waals surface area contributed by atoms with Gasteiger partial charge in [-0.2, -0.15) is 0 Å². The van der Waals surface area contributed by atoms with Crippen LogP contribution in [0.5, 0.6) is 0 Å². The van der Waals surface area contributed by atoms with Gasteiger partial charge in [-0.05, 0) is 45.1 Å². The molecule has 2 N–H and O–H groups in total. The molecule has 146 valence electrons. The molecule has 7 heteroatoms. The van der Waals surface area contributed by atoms with Gasteiger partial charge in [0.25, 0.3) is 0 Å². The van der Waals surface area contributed by atoms with Crippen molar-refractivity contribution >= 4 is 35.8 Å². The molecule has 25 heavy (non-hydrogen) atoms. The Morgan fingerprint density at radius 2 is 1.88 bits per heavy atom. The molecule has 0 aromatic heterocycles. The van der Waals surface area contributed by atoms with E-state index < -0.39 is 0 Å². The maximum Gasteiger partial charge on any atom is 0.220 e. The molecular formula is C18H36IN5O. The largest absolute Gasteiger partial charge is 0.359 e. The maximum absolute atomic E-state index is 11.5. The summed E-state index contributed by atoms with van der Waals surface area (Å²) in [6.45, 7) is 7.59. The lowest BCUT2D eigenvalue weighted by molar-refractivity contribution is -0.121. The second-order valence-corrected chi connectivity index (χ2v) is 7.16. The molecule has 2 fully saturated rings. The Labute approximate surface area is 170 Å². The van der Waals surface area contributed by atoms with Gasteiger partial charge in [0.1, 0.15) is 0 Å². The summed E-state index contributed by atoms with van der Waals surface area (Å²) in [5.74, 6) is 1.68. The molecule has 1 amide bonds. The fourth-order valence-electron chi connectivity index (χ4n) is 3.85. The highest BCUT2D eigenvalue weighted by Gasteiger charge is 2.23. The van der Waals surface area contributed by atoms with E-state index >= 15 is 0 Å². The number of hydrogen-bond acceptors (Lipinski definition) is 3. The highest BCUT2D eigenvalue weighted by Crippen LogP contribution is 2.20. The molecule has 0 bridgehead atoms. The third-order valence-electron chi connectivity index (χ3n) is 5.50. The standard InChI is InChI=1S/C18H35N5O.HI/c1-15-6-4-5-10-22(15)13-9-21-18(20-3)23-11-7-16(8-12-23)14-17(24)19-2;/h15-16H,4-14H2,1-3H3,(H,19,24)(H,20,21);1H. The second kappa shape index (κ2) is 11.9. The maximum atomic E-state index is 11.5. The number of carbonyl (C=O) groups is 1. The van der Waals surface area contributed by atoms with E-state index in [1.54, 1.807) is 7.05 Å². The Hall–Kier alpha value is -0.570. The SMILES string of the molecule is CN=C(NCCN1CCCCC1C)N1CCC(CC(=O)NC)CC1.I. The molecule has 2 saturated heterocycles. The molecule has 0 aliphatic carbocycles. The zero-order valence-corrected chi connectivity index (χ0v) is 18.4. The molecule has 6 nitrogen and oxygen atoms in total. The summed E-state index contributed by atoms with van der Waals surface area (Å²) >= 11 is 0. The zero-order chi connectivity index (χ0) is 17.4. The first kappa shape index (κ1) is 22.5. The zero-order valence-electron chi connectivity index (χ0n) is 16.1. The lowest BCUT2D eigenvalue weighted by Crippen LogP contribution is -2.49. The highest BCUT2D eigenvalue weighted by molar-refractivity contribution is 14.0. The van der Waals surface area contributed by atoms with E-state index in [4.69, 9.17) is 0 Å². The predicted molar refractivity (Wildman–Crippen MR) is 115 cm³/mol. The monoisotopic (exact) mass is 465 g/mol. The van der Waals surface area contributed by atoms with Crippen LogP contribution in [0, 0.1) is 5.92 Å². The molecule has 0 aromatic rings. The molecule has 0 spiro atoms. The van der Waals surface area contributed by atoms with Gasteiger partial charge in [-0.3, -0.25) is 14.7 Å². The van der Waals surface area contributed by atoms with Crippen LogP contribution in [0.25, 0.3) is 0 Å². The Balaban J connectivity index is 0.00000312. The minimum absolute atomic E-state index is 0. The van der Waals surface area contributed by atoms with Gasteiger partial charge < -0.3 is 15.5 Å². The normalized spacial score (nSPS) is 23.1. The number of guanidine groups is 1. The van der Waals surface area contributed by atoms with Crippen LogP contribution in [-0.4, -0.2) is 74.5 Å². The second-order valence-electron chi connectivity index (χ2n) is 7.16.